The molecule has 2 N–H and O–H groups in total. The van der Waals surface area contributed by atoms with Gasteiger partial charge in [-0.05, 0) is 24.5 Å². The molecule has 1 aromatic carbocycles. The van der Waals surface area contributed by atoms with E-state index < -0.39 is 15.8 Å². The van der Waals surface area contributed by atoms with Crippen molar-refractivity contribution >= 4 is 45.6 Å². The van der Waals surface area contributed by atoms with E-state index in [1.807, 2.05) is 6.92 Å². The summed E-state index contributed by atoms with van der Waals surface area (Å²) in [6, 6.07) is 1.86. The molecule has 1 heterocycles. The van der Waals surface area contributed by atoms with Crippen LogP contribution in [-0.4, -0.2) is 31.9 Å². The molecule has 1 aromatic rings. The Balaban J connectivity index is 0.00000220. The van der Waals surface area contributed by atoms with Crippen LogP contribution in [0.15, 0.2) is 17.0 Å². The normalized spacial score (nSPS) is 23.7. The Bertz CT molecular complexity index is 604. The standard InChI is InChI=1S/C12H15Cl2FN2O2S.ClH/c1-7-6-17(3-2-11(7)16)20(18,19)12-9(13)4-8(15)5-10(12)14;/h4-5,7,11H,2-3,6,16H2,1H3;1H. The van der Waals surface area contributed by atoms with Crippen LogP contribution in [0.25, 0.3) is 0 Å². The van der Waals surface area contributed by atoms with Gasteiger partial charge in [0.1, 0.15) is 10.7 Å². The van der Waals surface area contributed by atoms with Crippen molar-refractivity contribution in [3.05, 3.63) is 28.0 Å². The first-order chi connectivity index (χ1) is 9.23. The topological polar surface area (TPSA) is 63.4 Å². The quantitative estimate of drug-likeness (QED) is 0.862. The maximum absolute atomic E-state index is 13.2. The fourth-order valence-corrected chi connectivity index (χ4v) is 4.94. The van der Waals surface area contributed by atoms with Gasteiger partial charge >= 0.3 is 0 Å². The number of nitrogens with zero attached hydrogens (tertiary/aromatic N) is 1. The predicted octanol–water partition coefficient (Wildman–Crippen LogP) is 2.91. The second kappa shape index (κ2) is 6.98. The zero-order valence-electron chi connectivity index (χ0n) is 11.2. The van der Waals surface area contributed by atoms with Gasteiger partial charge in [0.05, 0.1) is 10.0 Å². The molecular weight excluding hydrogens is 362 g/mol. The van der Waals surface area contributed by atoms with Gasteiger partial charge in [-0.2, -0.15) is 4.31 Å². The van der Waals surface area contributed by atoms with Crippen molar-refractivity contribution in [2.24, 2.45) is 11.7 Å². The minimum absolute atomic E-state index is 0. The maximum atomic E-state index is 13.2. The smallest absolute Gasteiger partial charge is 0.246 e. The number of hydrogen-bond acceptors (Lipinski definition) is 3. The van der Waals surface area contributed by atoms with E-state index >= 15 is 0 Å². The molecule has 0 amide bonds. The van der Waals surface area contributed by atoms with E-state index in [1.165, 1.54) is 4.31 Å². The molecule has 0 aliphatic carbocycles. The first-order valence-corrected chi connectivity index (χ1v) is 8.33. The van der Waals surface area contributed by atoms with Crippen molar-refractivity contribution in [1.82, 2.24) is 4.31 Å². The molecule has 0 bridgehead atoms. The summed E-state index contributed by atoms with van der Waals surface area (Å²) in [7, 11) is -3.85. The lowest BCUT2D eigenvalue weighted by molar-refractivity contribution is 0.250. The number of nitrogens with two attached hydrogens (primary N) is 1. The highest BCUT2D eigenvalue weighted by Crippen LogP contribution is 2.34. The first kappa shape index (κ1) is 18.9. The highest BCUT2D eigenvalue weighted by molar-refractivity contribution is 7.89. The second-order valence-corrected chi connectivity index (χ2v) is 7.68. The van der Waals surface area contributed by atoms with Crippen LogP contribution in [-0.2, 0) is 10.0 Å². The van der Waals surface area contributed by atoms with Crippen molar-refractivity contribution in [1.29, 1.82) is 0 Å². The van der Waals surface area contributed by atoms with E-state index in [1.54, 1.807) is 0 Å². The lowest BCUT2D eigenvalue weighted by Crippen LogP contribution is -2.48. The number of halogens is 4. The van der Waals surface area contributed by atoms with Crippen LogP contribution in [0.4, 0.5) is 4.39 Å². The van der Waals surface area contributed by atoms with Crippen LogP contribution < -0.4 is 5.73 Å². The second-order valence-electron chi connectivity index (χ2n) is 4.99. The average molecular weight is 378 g/mol. The van der Waals surface area contributed by atoms with Crippen molar-refractivity contribution in [3.63, 3.8) is 0 Å². The first-order valence-electron chi connectivity index (χ1n) is 6.13. The Morgan fingerprint density at radius 2 is 1.86 bits per heavy atom. The number of hydrogen-bond donors (Lipinski definition) is 1. The largest absolute Gasteiger partial charge is 0.327 e. The summed E-state index contributed by atoms with van der Waals surface area (Å²) in [6.45, 7) is 2.49. The van der Waals surface area contributed by atoms with Gasteiger partial charge in [-0.3, -0.25) is 0 Å². The Labute approximate surface area is 139 Å². The van der Waals surface area contributed by atoms with E-state index in [0.717, 1.165) is 12.1 Å². The molecule has 21 heavy (non-hydrogen) atoms. The molecule has 1 saturated heterocycles. The van der Waals surface area contributed by atoms with E-state index in [0.29, 0.717) is 19.5 Å². The van der Waals surface area contributed by atoms with Crippen molar-refractivity contribution in [2.45, 2.75) is 24.3 Å². The molecule has 0 saturated carbocycles. The van der Waals surface area contributed by atoms with Gasteiger partial charge in [-0.15, -0.1) is 12.4 Å². The monoisotopic (exact) mass is 376 g/mol. The molecule has 4 nitrogen and oxygen atoms in total. The van der Waals surface area contributed by atoms with Gasteiger partial charge in [-0.25, -0.2) is 12.8 Å². The highest BCUT2D eigenvalue weighted by atomic mass is 35.5. The molecule has 120 valence electrons. The molecule has 0 radical (unpaired) electrons. The Kier molecular flexibility index (Phi) is 6.29. The highest BCUT2D eigenvalue weighted by Gasteiger charge is 2.34. The van der Waals surface area contributed by atoms with E-state index in [4.69, 9.17) is 28.9 Å². The fraction of sp³-hybridized carbons (Fsp3) is 0.500. The Morgan fingerprint density at radius 1 is 1.33 bits per heavy atom. The van der Waals surface area contributed by atoms with Crippen LogP contribution in [0.1, 0.15) is 13.3 Å². The number of piperidine rings is 1. The average Bonchev–Trinajstić information content (AvgIpc) is 2.30. The fourth-order valence-electron chi connectivity index (χ4n) is 2.25. The lowest BCUT2D eigenvalue weighted by Gasteiger charge is -2.34. The number of benzene rings is 1. The molecule has 1 aliphatic rings. The summed E-state index contributed by atoms with van der Waals surface area (Å²) >= 11 is 11.7. The zero-order chi connectivity index (χ0) is 15.1. The Hall–Kier alpha value is -0.110. The molecule has 1 aliphatic heterocycles. The number of rotatable bonds is 2. The van der Waals surface area contributed by atoms with Gasteiger partial charge in [0, 0.05) is 19.1 Å². The van der Waals surface area contributed by atoms with Crippen LogP contribution in [0.3, 0.4) is 0 Å². The van der Waals surface area contributed by atoms with Crippen LogP contribution in [0.5, 0.6) is 0 Å². The Morgan fingerprint density at radius 3 is 2.33 bits per heavy atom. The van der Waals surface area contributed by atoms with E-state index in [2.05, 4.69) is 0 Å². The van der Waals surface area contributed by atoms with Crippen LogP contribution in [0, 0.1) is 11.7 Å². The van der Waals surface area contributed by atoms with E-state index in [-0.39, 0.29) is 39.3 Å². The molecule has 2 rings (SSSR count). The number of sulfonamides is 1. The van der Waals surface area contributed by atoms with E-state index in [9.17, 15) is 12.8 Å². The molecule has 2 atom stereocenters. The van der Waals surface area contributed by atoms with Crippen molar-refractivity contribution in [2.75, 3.05) is 13.1 Å². The van der Waals surface area contributed by atoms with Gasteiger partial charge in [-0.1, -0.05) is 30.1 Å². The van der Waals surface area contributed by atoms with Gasteiger partial charge in [0.2, 0.25) is 10.0 Å². The van der Waals surface area contributed by atoms with Crippen molar-refractivity contribution in [3.8, 4) is 0 Å². The SMILES string of the molecule is CC1CN(S(=O)(=O)c2c(Cl)cc(F)cc2Cl)CCC1N.Cl. The third kappa shape index (κ3) is 3.81. The third-order valence-electron chi connectivity index (χ3n) is 3.50. The summed E-state index contributed by atoms with van der Waals surface area (Å²) < 4.78 is 39.6. The van der Waals surface area contributed by atoms with Gasteiger partial charge in [0.15, 0.2) is 0 Å². The summed E-state index contributed by atoms with van der Waals surface area (Å²) in [4.78, 5) is -0.245. The minimum atomic E-state index is -3.85. The maximum Gasteiger partial charge on any atom is 0.246 e. The molecule has 0 spiro atoms. The summed E-state index contributed by atoms with van der Waals surface area (Å²) in [5.41, 5.74) is 5.88. The predicted molar refractivity (Wildman–Crippen MR) is 84.2 cm³/mol. The lowest BCUT2D eigenvalue weighted by atomic mass is 9.96. The zero-order valence-corrected chi connectivity index (χ0v) is 14.4. The molecule has 2 unspecified atom stereocenters. The third-order valence-corrected chi connectivity index (χ3v) is 6.28. The van der Waals surface area contributed by atoms with Crippen molar-refractivity contribution < 1.29 is 12.8 Å². The van der Waals surface area contributed by atoms with Gasteiger partial charge in [0.25, 0.3) is 0 Å². The molecule has 0 aromatic heterocycles. The summed E-state index contributed by atoms with van der Waals surface area (Å²) in [5, 5.41) is -0.421. The minimum Gasteiger partial charge on any atom is -0.327 e. The van der Waals surface area contributed by atoms with Crippen LogP contribution in [0.2, 0.25) is 10.0 Å². The molecule has 9 heteroatoms. The summed E-state index contributed by atoms with van der Waals surface area (Å²) in [5.74, 6) is -0.635. The van der Waals surface area contributed by atoms with Gasteiger partial charge < -0.3 is 5.73 Å². The van der Waals surface area contributed by atoms with Crippen LogP contribution >= 0.6 is 35.6 Å². The molecular formula is C12H16Cl3FN2O2S. The summed E-state index contributed by atoms with van der Waals surface area (Å²) in [6.07, 6.45) is 0.566. The molecule has 1 fully saturated rings.